The van der Waals surface area contributed by atoms with Crippen LogP contribution in [0, 0.1) is 5.92 Å². The van der Waals surface area contributed by atoms with Gasteiger partial charge in [-0.3, -0.25) is 9.69 Å². The fourth-order valence-corrected chi connectivity index (χ4v) is 4.19. The Morgan fingerprint density at radius 3 is 2.79 bits per heavy atom. The zero-order valence-corrected chi connectivity index (χ0v) is 13.8. The number of rotatable bonds is 5. The van der Waals surface area contributed by atoms with Gasteiger partial charge >= 0.3 is 12.6 Å². The van der Waals surface area contributed by atoms with Gasteiger partial charge in [0.2, 0.25) is 0 Å². The van der Waals surface area contributed by atoms with Crippen LogP contribution in [0.1, 0.15) is 37.7 Å². The van der Waals surface area contributed by atoms with Crippen molar-refractivity contribution >= 4 is 5.97 Å². The molecule has 0 aromatic heterocycles. The van der Waals surface area contributed by atoms with E-state index in [1.165, 1.54) is 13.5 Å². The Morgan fingerprint density at radius 1 is 1.29 bits per heavy atom. The maximum absolute atomic E-state index is 12.6. The molecular formula is C18H23F2NO3. The normalized spacial score (nSPS) is 27.1. The topological polar surface area (TPSA) is 38.8 Å². The van der Waals surface area contributed by atoms with E-state index in [0.717, 1.165) is 25.7 Å². The van der Waals surface area contributed by atoms with Gasteiger partial charge in [0.25, 0.3) is 0 Å². The third-order valence-corrected chi connectivity index (χ3v) is 5.24. The second-order valence-electron chi connectivity index (χ2n) is 6.55. The van der Waals surface area contributed by atoms with Crippen molar-refractivity contribution in [3.8, 4) is 5.75 Å². The highest BCUT2D eigenvalue weighted by Crippen LogP contribution is 2.41. The number of carbonyl (C=O) groups is 1. The fourth-order valence-electron chi connectivity index (χ4n) is 4.19. The second kappa shape index (κ2) is 7.47. The van der Waals surface area contributed by atoms with Crippen molar-refractivity contribution < 1.29 is 23.0 Å². The minimum absolute atomic E-state index is 0.176. The van der Waals surface area contributed by atoms with E-state index in [-0.39, 0.29) is 17.8 Å². The highest BCUT2D eigenvalue weighted by Gasteiger charge is 2.45. The first-order valence-electron chi connectivity index (χ1n) is 8.46. The quantitative estimate of drug-likeness (QED) is 0.769. The van der Waals surface area contributed by atoms with Crippen LogP contribution in [-0.4, -0.2) is 36.7 Å². The van der Waals surface area contributed by atoms with E-state index in [0.29, 0.717) is 24.1 Å². The van der Waals surface area contributed by atoms with E-state index in [4.69, 9.17) is 4.74 Å². The molecule has 2 fully saturated rings. The number of esters is 1. The minimum Gasteiger partial charge on any atom is -0.468 e. The van der Waals surface area contributed by atoms with Gasteiger partial charge in [-0.15, -0.1) is 0 Å². The van der Waals surface area contributed by atoms with Crippen LogP contribution in [-0.2, 0) is 16.1 Å². The first-order valence-corrected chi connectivity index (χ1v) is 8.46. The molecule has 0 bridgehead atoms. The van der Waals surface area contributed by atoms with E-state index >= 15 is 0 Å². The number of hydrogen-bond donors (Lipinski definition) is 0. The Morgan fingerprint density at radius 2 is 2.04 bits per heavy atom. The van der Waals surface area contributed by atoms with Crippen LogP contribution in [0.25, 0.3) is 0 Å². The number of para-hydroxylation sites is 1. The number of likely N-dealkylation sites (tertiary alicyclic amines) is 1. The van der Waals surface area contributed by atoms with Crippen LogP contribution in [0.2, 0.25) is 0 Å². The summed E-state index contributed by atoms with van der Waals surface area (Å²) in [6.45, 7) is -2.44. The van der Waals surface area contributed by atoms with E-state index in [1.54, 1.807) is 24.3 Å². The van der Waals surface area contributed by atoms with Crippen LogP contribution in [0.3, 0.4) is 0 Å². The monoisotopic (exact) mass is 339 g/mol. The molecule has 2 aliphatic rings. The number of hydrogen-bond acceptors (Lipinski definition) is 4. The van der Waals surface area contributed by atoms with Gasteiger partial charge in [0, 0.05) is 18.2 Å². The summed E-state index contributed by atoms with van der Waals surface area (Å²) < 4.78 is 34.9. The van der Waals surface area contributed by atoms with Crippen LogP contribution >= 0.6 is 0 Å². The molecule has 1 aliphatic carbocycles. The van der Waals surface area contributed by atoms with Crippen molar-refractivity contribution in [2.75, 3.05) is 7.11 Å². The van der Waals surface area contributed by atoms with Crippen molar-refractivity contribution in [3.05, 3.63) is 29.8 Å². The molecule has 6 heteroatoms. The zero-order chi connectivity index (χ0) is 17.1. The van der Waals surface area contributed by atoms with Gasteiger partial charge in [-0.05, 0) is 31.2 Å². The minimum atomic E-state index is -2.86. The predicted octanol–water partition coefficient (Wildman–Crippen LogP) is 3.59. The summed E-state index contributed by atoms with van der Waals surface area (Å²) in [5, 5.41) is 0. The Balaban J connectivity index is 1.84. The first kappa shape index (κ1) is 17.1. The molecule has 1 heterocycles. The van der Waals surface area contributed by atoms with Crippen molar-refractivity contribution in [3.63, 3.8) is 0 Å². The zero-order valence-electron chi connectivity index (χ0n) is 13.8. The number of methoxy groups -OCH3 is 1. The number of halogens is 2. The molecule has 0 N–H and O–H groups in total. The highest BCUT2D eigenvalue weighted by molar-refractivity contribution is 5.76. The lowest BCUT2D eigenvalue weighted by Crippen LogP contribution is -2.42. The molecule has 3 unspecified atom stereocenters. The van der Waals surface area contributed by atoms with Gasteiger partial charge in [0.05, 0.1) is 7.11 Å². The molecular weight excluding hydrogens is 316 g/mol. The molecule has 3 atom stereocenters. The van der Waals surface area contributed by atoms with Crippen LogP contribution in [0.4, 0.5) is 8.78 Å². The second-order valence-corrected chi connectivity index (χ2v) is 6.55. The Kier molecular flexibility index (Phi) is 5.33. The summed E-state index contributed by atoms with van der Waals surface area (Å²) in [5.74, 6) is 0.415. The number of fused-ring (bicyclic) bond motifs is 1. The third kappa shape index (κ3) is 3.53. The maximum Gasteiger partial charge on any atom is 0.387 e. The van der Waals surface area contributed by atoms with Gasteiger partial charge in [0.15, 0.2) is 0 Å². The number of benzene rings is 1. The largest absolute Gasteiger partial charge is 0.468 e. The molecule has 1 saturated carbocycles. The van der Waals surface area contributed by atoms with Crippen molar-refractivity contribution in [1.29, 1.82) is 0 Å². The van der Waals surface area contributed by atoms with Crippen molar-refractivity contribution in [2.24, 2.45) is 5.92 Å². The summed E-state index contributed by atoms with van der Waals surface area (Å²) in [6, 6.07) is 6.80. The summed E-state index contributed by atoms with van der Waals surface area (Å²) in [5.41, 5.74) is 0.679. The van der Waals surface area contributed by atoms with Crippen LogP contribution in [0.15, 0.2) is 24.3 Å². The van der Waals surface area contributed by atoms with E-state index in [2.05, 4.69) is 9.64 Å². The number of alkyl halides is 2. The fraction of sp³-hybridized carbons (Fsp3) is 0.611. The van der Waals surface area contributed by atoms with E-state index < -0.39 is 6.61 Å². The molecule has 3 rings (SSSR count). The van der Waals surface area contributed by atoms with Crippen molar-refractivity contribution in [1.82, 2.24) is 4.90 Å². The highest BCUT2D eigenvalue weighted by atomic mass is 19.3. The molecule has 1 aromatic rings. The lowest BCUT2D eigenvalue weighted by Gasteiger charge is -2.33. The molecule has 24 heavy (non-hydrogen) atoms. The Labute approximate surface area is 140 Å². The Bertz CT molecular complexity index is 581. The Hall–Kier alpha value is -1.69. The lowest BCUT2D eigenvalue weighted by atomic mass is 9.84. The average molecular weight is 339 g/mol. The molecule has 0 amide bonds. The molecule has 1 aliphatic heterocycles. The molecule has 132 valence electrons. The van der Waals surface area contributed by atoms with Crippen molar-refractivity contribution in [2.45, 2.75) is 57.3 Å². The molecule has 4 nitrogen and oxygen atoms in total. The summed E-state index contributed by atoms with van der Waals surface area (Å²) >= 11 is 0. The van der Waals surface area contributed by atoms with Gasteiger partial charge in [0.1, 0.15) is 11.8 Å². The maximum atomic E-state index is 12.6. The molecule has 0 radical (unpaired) electrons. The van der Waals surface area contributed by atoms with Gasteiger partial charge in [-0.1, -0.05) is 31.0 Å². The standard InChI is InChI=1S/C18H23F2NO3/c1-23-17(22)15-10-12-6-2-4-8-14(12)21(15)11-13-7-3-5-9-16(13)24-18(19)20/h3,5,7,9,12,14-15,18H,2,4,6,8,10-11H2,1H3. The van der Waals surface area contributed by atoms with Gasteiger partial charge in [-0.25, -0.2) is 0 Å². The number of ether oxygens (including phenoxy) is 2. The predicted molar refractivity (Wildman–Crippen MR) is 84.8 cm³/mol. The molecule has 1 aromatic carbocycles. The third-order valence-electron chi connectivity index (χ3n) is 5.24. The molecule has 1 saturated heterocycles. The van der Waals surface area contributed by atoms with Gasteiger partial charge in [-0.2, -0.15) is 8.78 Å². The van der Waals surface area contributed by atoms with Crippen LogP contribution in [0.5, 0.6) is 5.75 Å². The number of nitrogens with zero attached hydrogens (tertiary/aromatic N) is 1. The SMILES string of the molecule is COC(=O)C1CC2CCCCC2N1Cc1ccccc1OC(F)F. The van der Waals surface area contributed by atoms with Crippen LogP contribution < -0.4 is 4.74 Å². The smallest absolute Gasteiger partial charge is 0.387 e. The number of carbonyl (C=O) groups excluding carboxylic acids is 1. The van der Waals surface area contributed by atoms with E-state index in [9.17, 15) is 13.6 Å². The average Bonchev–Trinajstić information content (AvgIpc) is 2.94. The van der Waals surface area contributed by atoms with Gasteiger partial charge < -0.3 is 9.47 Å². The first-order chi connectivity index (χ1) is 11.6. The summed E-state index contributed by atoms with van der Waals surface area (Å²) in [7, 11) is 1.40. The summed E-state index contributed by atoms with van der Waals surface area (Å²) in [4.78, 5) is 14.3. The molecule has 0 spiro atoms. The lowest BCUT2D eigenvalue weighted by molar-refractivity contribution is -0.146. The van der Waals surface area contributed by atoms with E-state index in [1.807, 2.05) is 0 Å². The summed E-state index contributed by atoms with van der Waals surface area (Å²) in [6.07, 6.45) is 5.27.